The summed E-state index contributed by atoms with van der Waals surface area (Å²) in [5.74, 6) is 1.69. The lowest BCUT2D eigenvalue weighted by Crippen LogP contribution is -2.46. The van der Waals surface area contributed by atoms with Gasteiger partial charge >= 0.3 is 0 Å². The Balaban J connectivity index is 2.08. The highest BCUT2D eigenvalue weighted by Crippen LogP contribution is 2.22. The van der Waals surface area contributed by atoms with E-state index in [9.17, 15) is 4.39 Å². The Hall–Kier alpha value is -0.290. The third kappa shape index (κ3) is 4.09. The van der Waals surface area contributed by atoms with E-state index in [0.717, 1.165) is 24.7 Å². The van der Waals surface area contributed by atoms with Crippen LogP contribution in [0.5, 0.6) is 0 Å². The largest absolute Gasteiger partial charge is 0.375 e. The topological polar surface area (TPSA) is 21.3 Å². The zero-order valence-corrected chi connectivity index (χ0v) is 12.6. The standard InChI is InChI=1S/C14H19ClFNOS/c1-2-17-12(13-9-19-7-6-18-13)8-10-4-3-5-11(15)14(10)16/h3-5,12-13,17H,2,6-9H2,1H3. The van der Waals surface area contributed by atoms with Crippen LogP contribution in [0, 0.1) is 5.82 Å². The molecule has 1 aromatic carbocycles. The van der Waals surface area contributed by atoms with Crippen LogP contribution in [0.1, 0.15) is 12.5 Å². The van der Waals surface area contributed by atoms with Gasteiger partial charge in [0, 0.05) is 17.5 Å². The van der Waals surface area contributed by atoms with Gasteiger partial charge in [-0.25, -0.2) is 4.39 Å². The maximum Gasteiger partial charge on any atom is 0.145 e. The summed E-state index contributed by atoms with van der Waals surface area (Å²) < 4.78 is 19.8. The molecule has 1 aliphatic heterocycles. The van der Waals surface area contributed by atoms with Crippen LogP contribution >= 0.6 is 23.4 Å². The number of hydrogen-bond donors (Lipinski definition) is 1. The van der Waals surface area contributed by atoms with E-state index in [2.05, 4.69) is 12.2 Å². The molecule has 5 heteroatoms. The minimum Gasteiger partial charge on any atom is -0.375 e. The summed E-state index contributed by atoms with van der Waals surface area (Å²) in [4.78, 5) is 0. The van der Waals surface area contributed by atoms with E-state index < -0.39 is 0 Å². The zero-order valence-electron chi connectivity index (χ0n) is 11.0. The molecule has 1 N–H and O–H groups in total. The first-order valence-electron chi connectivity index (χ1n) is 6.58. The fraction of sp³-hybridized carbons (Fsp3) is 0.571. The molecule has 0 radical (unpaired) electrons. The van der Waals surface area contributed by atoms with Crippen molar-refractivity contribution in [3.05, 3.63) is 34.6 Å². The van der Waals surface area contributed by atoms with E-state index in [-0.39, 0.29) is 23.0 Å². The van der Waals surface area contributed by atoms with E-state index in [1.165, 1.54) is 0 Å². The van der Waals surface area contributed by atoms with Gasteiger partial charge < -0.3 is 10.1 Å². The summed E-state index contributed by atoms with van der Waals surface area (Å²) in [7, 11) is 0. The third-order valence-electron chi connectivity index (χ3n) is 3.23. The predicted molar refractivity (Wildman–Crippen MR) is 79.6 cm³/mol. The lowest BCUT2D eigenvalue weighted by molar-refractivity contribution is 0.0474. The Bertz CT molecular complexity index is 412. The van der Waals surface area contributed by atoms with E-state index in [4.69, 9.17) is 16.3 Å². The lowest BCUT2D eigenvalue weighted by Gasteiger charge is -2.31. The van der Waals surface area contributed by atoms with Gasteiger partial charge in [-0.1, -0.05) is 30.7 Å². The summed E-state index contributed by atoms with van der Waals surface area (Å²) in [6.45, 7) is 3.67. The summed E-state index contributed by atoms with van der Waals surface area (Å²) in [6.07, 6.45) is 0.739. The van der Waals surface area contributed by atoms with Crippen molar-refractivity contribution in [2.45, 2.75) is 25.5 Å². The van der Waals surface area contributed by atoms with Crippen LogP contribution in [0.4, 0.5) is 4.39 Å². The molecule has 0 spiro atoms. The molecule has 106 valence electrons. The van der Waals surface area contributed by atoms with Crippen molar-refractivity contribution in [2.75, 3.05) is 24.7 Å². The SMILES string of the molecule is CCNC(Cc1cccc(Cl)c1F)C1CSCCO1. The van der Waals surface area contributed by atoms with Crippen LogP contribution in [0.3, 0.4) is 0 Å². The highest BCUT2D eigenvalue weighted by atomic mass is 35.5. The van der Waals surface area contributed by atoms with E-state index in [1.807, 2.05) is 11.8 Å². The normalized spacial score (nSPS) is 21.3. The molecule has 0 aliphatic carbocycles. The van der Waals surface area contributed by atoms with Gasteiger partial charge in [-0.3, -0.25) is 0 Å². The first kappa shape index (κ1) is 15.1. The Labute approximate surface area is 123 Å². The summed E-state index contributed by atoms with van der Waals surface area (Å²) >= 11 is 7.72. The van der Waals surface area contributed by atoms with Crippen molar-refractivity contribution < 1.29 is 9.13 Å². The minimum atomic E-state index is -0.310. The molecule has 1 saturated heterocycles. The maximum atomic E-state index is 14.0. The molecule has 0 amide bonds. The van der Waals surface area contributed by atoms with E-state index in [1.54, 1.807) is 18.2 Å². The first-order chi connectivity index (χ1) is 9.22. The first-order valence-corrected chi connectivity index (χ1v) is 8.11. The second-order valence-corrected chi connectivity index (χ2v) is 6.12. The van der Waals surface area contributed by atoms with E-state index >= 15 is 0 Å². The molecular weight excluding hydrogens is 285 g/mol. The van der Waals surface area contributed by atoms with Crippen LogP contribution < -0.4 is 5.32 Å². The predicted octanol–water partition coefficient (Wildman–Crippen LogP) is 3.13. The van der Waals surface area contributed by atoms with Crippen molar-refractivity contribution in [3.8, 4) is 0 Å². The van der Waals surface area contributed by atoms with E-state index in [0.29, 0.717) is 12.0 Å². The minimum absolute atomic E-state index is 0.130. The monoisotopic (exact) mass is 303 g/mol. The second-order valence-electron chi connectivity index (χ2n) is 4.57. The van der Waals surface area contributed by atoms with Crippen LogP contribution in [0.2, 0.25) is 5.02 Å². The summed E-state index contributed by atoms with van der Waals surface area (Å²) in [5, 5.41) is 3.59. The van der Waals surface area contributed by atoms with Crippen molar-refractivity contribution >= 4 is 23.4 Å². The number of halogens is 2. The molecule has 1 fully saturated rings. The number of benzene rings is 1. The molecule has 0 aromatic heterocycles. The molecule has 19 heavy (non-hydrogen) atoms. The molecule has 2 unspecified atom stereocenters. The molecule has 0 bridgehead atoms. The third-order valence-corrected chi connectivity index (χ3v) is 4.54. The van der Waals surface area contributed by atoms with Gasteiger partial charge in [0.1, 0.15) is 5.82 Å². The van der Waals surface area contributed by atoms with Crippen LogP contribution in [0.15, 0.2) is 18.2 Å². The number of ether oxygens (including phenoxy) is 1. The number of thioether (sulfide) groups is 1. The Morgan fingerprint density at radius 2 is 2.42 bits per heavy atom. The summed E-state index contributed by atoms with van der Waals surface area (Å²) in [6, 6.07) is 5.29. The van der Waals surface area contributed by atoms with Crippen molar-refractivity contribution in [2.24, 2.45) is 0 Å². The maximum absolute atomic E-state index is 14.0. The molecule has 0 saturated carbocycles. The summed E-state index contributed by atoms with van der Waals surface area (Å²) in [5.41, 5.74) is 0.651. The lowest BCUT2D eigenvalue weighted by atomic mass is 10.0. The smallest absolute Gasteiger partial charge is 0.145 e. The molecule has 1 heterocycles. The molecular formula is C14H19ClFNOS. The molecule has 2 nitrogen and oxygen atoms in total. The van der Waals surface area contributed by atoms with Gasteiger partial charge in [0.25, 0.3) is 0 Å². The fourth-order valence-corrected chi connectivity index (χ4v) is 3.41. The molecule has 1 aromatic rings. The Morgan fingerprint density at radius 1 is 1.58 bits per heavy atom. The fourth-order valence-electron chi connectivity index (χ4n) is 2.28. The highest BCUT2D eigenvalue weighted by molar-refractivity contribution is 7.99. The highest BCUT2D eigenvalue weighted by Gasteiger charge is 2.25. The number of nitrogens with one attached hydrogen (secondary N) is 1. The van der Waals surface area contributed by atoms with Gasteiger partial charge in [-0.2, -0.15) is 11.8 Å². The van der Waals surface area contributed by atoms with Gasteiger partial charge in [0.15, 0.2) is 0 Å². The second kappa shape index (κ2) is 7.48. The Kier molecular flexibility index (Phi) is 5.95. The average Bonchev–Trinajstić information content (AvgIpc) is 2.44. The molecule has 2 rings (SSSR count). The van der Waals surface area contributed by atoms with Crippen molar-refractivity contribution in [1.82, 2.24) is 5.32 Å². The van der Waals surface area contributed by atoms with Crippen LogP contribution in [-0.2, 0) is 11.2 Å². The van der Waals surface area contributed by atoms with Gasteiger partial charge in [0.05, 0.1) is 17.7 Å². The van der Waals surface area contributed by atoms with Gasteiger partial charge in [-0.15, -0.1) is 0 Å². The van der Waals surface area contributed by atoms with Crippen molar-refractivity contribution in [3.63, 3.8) is 0 Å². The number of hydrogen-bond acceptors (Lipinski definition) is 3. The quantitative estimate of drug-likeness (QED) is 0.903. The number of likely N-dealkylation sites (N-methyl/N-ethyl adjacent to an activating group) is 1. The van der Waals surface area contributed by atoms with Gasteiger partial charge in [0.2, 0.25) is 0 Å². The Morgan fingerprint density at radius 3 is 3.11 bits per heavy atom. The average molecular weight is 304 g/mol. The van der Waals surface area contributed by atoms with Crippen LogP contribution in [-0.4, -0.2) is 36.8 Å². The molecule has 2 atom stereocenters. The van der Waals surface area contributed by atoms with Crippen LogP contribution in [0.25, 0.3) is 0 Å². The number of rotatable bonds is 5. The van der Waals surface area contributed by atoms with Crippen molar-refractivity contribution in [1.29, 1.82) is 0 Å². The van der Waals surface area contributed by atoms with Gasteiger partial charge in [-0.05, 0) is 24.6 Å². The zero-order chi connectivity index (χ0) is 13.7. The molecule has 1 aliphatic rings.